The average molecular weight is 668 g/mol. The number of halogens is 2. The Bertz CT molecular complexity index is 2840. The third-order valence-corrected chi connectivity index (χ3v) is 9.65. The summed E-state index contributed by atoms with van der Waals surface area (Å²) in [4.78, 5) is 7.00. The van der Waals surface area contributed by atoms with Crippen LogP contribution >= 0.6 is 0 Å². The zero-order chi connectivity index (χ0) is 34.6. The van der Waals surface area contributed by atoms with E-state index in [9.17, 15) is 0 Å². The molecule has 1 aliphatic heterocycles. The topological polar surface area (TPSA) is 33.7 Å². The Morgan fingerprint density at radius 3 is 2.16 bits per heavy atom. The molecule has 8 aromatic rings. The summed E-state index contributed by atoms with van der Waals surface area (Å²) in [6.07, 6.45) is 5.74. The van der Waals surface area contributed by atoms with Crippen molar-refractivity contribution in [3.05, 3.63) is 179 Å². The Hall–Kier alpha value is -6.53. The quantitative estimate of drug-likeness (QED) is 0.187. The number of rotatable bonds is 4. The van der Waals surface area contributed by atoms with Crippen molar-refractivity contribution in [2.24, 2.45) is 4.99 Å². The number of fused-ring (bicyclic) bond motifs is 5. The third-order valence-electron chi connectivity index (χ3n) is 9.65. The molecule has 0 amide bonds. The van der Waals surface area contributed by atoms with Crippen molar-refractivity contribution in [1.29, 1.82) is 0 Å². The Kier molecular flexibility index (Phi) is 7.25. The number of benzene rings is 6. The lowest BCUT2D eigenvalue weighted by Gasteiger charge is -2.28. The van der Waals surface area contributed by atoms with Gasteiger partial charge in [-0.2, -0.15) is 0 Å². The van der Waals surface area contributed by atoms with Crippen LogP contribution in [0.4, 0.5) is 14.5 Å². The van der Waals surface area contributed by atoms with Crippen LogP contribution in [0.25, 0.3) is 61.5 Å². The number of aromatic nitrogens is 1. The van der Waals surface area contributed by atoms with E-state index in [1.807, 2.05) is 73.5 Å². The lowest BCUT2D eigenvalue weighted by atomic mass is 9.97. The molecule has 0 atom stereocenters. The summed E-state index contributed by atoms with van der Waals surface area (Å²) in [6.45, 7) is 1.94. The van der Waals surface area contributed by atoms with Crippen LogP contribution < -0.4 is 15.5 Å². The van der Waals surface area contributed by atoms with Gasteiger partial charge in [0.1, 0.15) is 28.5 Å². The van der Waals surface area contributed by atoms with Gasteiger partial charge in [-0.15, -0.1) is 0 Å². The summed E-state index contributed by atoms with van der Waals surface area (Å²) in [6, 6.07) is 43.1. The fourth-order valence-corrected chi connectivity index (χ4v) is 7.30. The molecule has 0 aliphatic carbocycles. The van der Waals surface area contributed by atoms with Gasteiger partial charge in [-0.25, -0.2) is 13.8 Å². The second kappa shape index (κ2) is 12.1. The van der Waals surface area contributed by atoms with Crippen LogP contribution in [0.2, 0.25) is 0 Å². The van der Waals surface area contributed by atoms with Crippen LogP contribution in [0.1, 0.15) is 18.1 Å². The fraction of sp³-hybridized carbons (Fsp3) is 0.0444. The summed E-state index contributed by atoms with van der Waals surface area (Å²) < 4.78 is 39.5. The number of nitrogens with zero attached hydrogens (tertiary/aromatic N) is 3. The van der Waals surface area contributed by atoms with Crippen LogP contribution in [0.3, 0.4) is 0 Å². The highest BCUT2D eigenvalue weighted by atomic mass is 19.1. The molecule has 51 heavy (non-hydrogen) atoms. The molecular weight excluding hydrogens is 637 g/mol. The number of allylic oxidation sites excluding steroid dienone is 2. The molecule has 0 bridgehead atoms. The summed E-state index contributed by atoms with van der Waals surface area (Å²) in [7, 11) is 1.92. The van der Waals surface area contributed by atoms with E-state index in [2.05, 4.69) is 83.4 Å². The lowest BCUT2D eigenvalue weighted by molar-refractivity contribution is 0.575. The largest absolute Gasteiger partial charge is 0.456 e. The van der Waals surface area contributed by atoms with E-state index in [4.69, 9.17) is 9.41 Å². The summed E-state index contributed by atoms with van der Waals surface area (Å²) in [5, 5.41) is 3.90. The highest BCUT2D eigenvalue weighted by Crippen LogP contribution is 2.36. The summed E-state index contributed by atoms with van der Waals surface area (Å²) >= 11 is 0. The Morgan fingerprint density at radius 1 is 0.667 bits per heavy atom. The second-order valence-electron chi connectivity index (χ2n) is 12.6. The van der Waals surface area contributed by atoms with Crippen molar-refractivity contribution in [3.63, 3.8) is 0 Å². The minimum atomic E-state index is -0.670. The van der Waals surface area contributed by atoms with Gasteiger partial charge in [0.05, 0.1) is 33.2 Å². The van der Waals surface area contributed by atoms with Gasteiger partial charge in [-0.05, 0) is 84.8 Å². The Balaban J connectivity index is 1.32. The van der Waals surface area contributed by atoms with Crippen molar-refractivity contribution < 1.29 is 13.2 Å². The summed E-state index contributed by atoms with van der Waals surface area (Å²) in [5.41, 5.74) is 8.20. The number of para-hydroxylation sites is 3. The van der Waals surface area contributed by atoms with E-state index >= 15 is 8.78 Å². The first-order valence-electron chi connectivity index (χ1n) is 16.9. The molecule has 6 aromatic carbocycles. The van der Waals surface area contributed by atoms with Gasteiger partial charge < -0.3 is 13.9 Å². The maximum Gasteiger partial charge on any atom is 0.145 e. The van der Waals surface area contributed by atoms with Crippen LogP contribution in [0.5, 0.6) is 0 Å². The van der Waals surface area contributed by atoms with E-state index in [0.29, 0.717) is 22.4 Å². The molecule has 246 valence electrons. The molecule has 6 heteroatoms. The number of furan rings is 1. The molecule has 0 saturated heterocycles. The first-order valence-corrected chi connectivity index (χ1v) is 16.9. The van der Waals surface area contributed by atoms with Crippen molar-refractivity contribution >= 4 is 56.1 Å². The molecule has 2 aromatic heterocycles. The molecule has 0 N–H and O–H groups in total. The number of hydrogen-bond donors (Lipinski definition) is 0. The molecule has 0 unspecified atom stereocenters. The zero-order valence-corrected chi connectivity index (χ0v) is 27.9. The smallest absolute Gasteiger partial charge is 0.145 e. The number of aliphatic imine (C=N–C) groups is 1. The molecule has 0 radical (unpaired) electrons. The normalized spacial score (nSPS) is 14.6. The maximum absolute atomic E-state index is 15.4. The van der Waals surface area contributed by atoms with Crippen LogP contribution in [-0.2, 0) is 0 Å². The predicted molar refractivity (Wildman–Crippen MR) is 205 cm³/mol. The zero-order valence-electron chi connectivity index (χ0n) is 27.9. The van der Waals surface area contributed by atoms with E-state index in [1.165, 1.54) is 23.6 Å². The van der Waals surface area contributed by atoms with E-state index in [0.717, 1.165) is 49.5 Å². The second-order valence-corrected chi connectivity index (χ2v) is 12.6. The first-order chi connectivity index (χ1) is 25.0. The van der Waals surface area contributed by atoms with Gasteiger partial charge in [0.25, 0.3) is 0 Å². The highest BCUT2D eigenvalue weighted by molar-refractivity contribution is 6.20. The first kappa shape index (κ1) is 30.5. The molecule has 9 rings (SSSR count). The maximum atomic E-state index is 15.4. The monoisotopic (exact) mass is 667 g/mol. The van der Waals surface area contributed by atoms with Crippen molar-refractivity contribution in [2.45, 2.75) is 6.92 Å². The minimum absolute atomic E-state index is 0.161. The summed E-state index contributed by atoms with van der Waals surface area (Å²) in [5.74, 6) is -0.813. The molecule has 3 heterocycles. The fourth-order valence-electron chi connectivity index (χ4n) is 7.30. The van der Waals surface area contributed by atoms with Gasteiger partial charge in [-0.3, -0.25) is 0 Å². The SMILES string of the molecule is C\C=C/C=c1/oc2ccc(-c3ccc4c(c3)c3ccccc3n4-c3ccccc3)cc2/c1=C1\N=C(c2c(F)cccc2F)c2ccccc2N1C. The Morgan fingerprint density at radius 2 is 1.35 bits per heavy atom. The minimum Gasteiger partial charge on any atom is -0.456 e. The van der Waals surface area contributed by atoms with Crippen molar-refractivity contribution in [1.82, 2.24) is 4.57 Å². The van der Waals surface area contributed by atoms with Gasteiger partial charge in [0.15, 0.2) is 0 Å². The van der Waals surface area contributed by atoms with Crippen molar-refractivity contribution in [3.8, 4) is 16.8 Å². The lowest BCUT2D eigenvalue weighted by Crippen LogP contribution is -2.34. The average Bonchev–Trinajstić information content (AvgIpc) is 3.70. The van der Waals surface area contributed by atoms with Crippen LogP contribution in [-0.4, -0.2) is 17.3 Å². The van der Waals surface area contributed by atoms with E-state index in [1.54, 1.807) is 0 Å². The Labute approximate surface area is 292 Å². The molecule has 0 fully saturated rings. The van der Waals surface area contributed by atoms with E-state index < -0.39 is 11.6 Å². The van der Waals surface area contributed by atoms with Crippen molar-refractivity contribution in [2.75, 3.05) is 11.9 Å². The predicted octanol–water partition coefficient (Wildman–Crippen LogP) is 9.88. The van der Waals surface area contributed by atoms with Gasteiger partial charge in [0, 0.05) is 34.5 Å². The van der Waals surface area contributed by atoms with Gasteiger partial charge in [-0.1, -0.05) is 84.9 Å². The van der Waals surface area contributed by atoms with E-state index in [-0.39, 0.29) is 11.3 Å². The number of anilines is 1. The molecule has 0 spiro atoms. The molecule has 1 aliphatic rings. The standard InChI is InChI=1S/C45H31F2N3O/c1-3-4-21-41-42(45-48-44(43-35(46)17-12-18-36(43)47)32-16-9-10-19-37(32)49(45)2)34-27-29(23-25-40(34)51-41)28-22-24-39-33(26-28)31-15-8-11-20-38(31)50(39)30-13-6-5-7-14-30/h3-27H,1-2H3/b4-3-,41-21+,45-42-. The molecule has 4 nitrogen and oxygen atoms in total. The van der Waals surface area contributed by atoms with Gasteiger partial charge >= 0.3 is 0 Å². The molecule has 0 saturated carbocycles. The third kappa shape index (κ3) is 4.90. The number of hydrogen-bond acceptors (Lipinski definition) is 3. The van der Waals surface area contributed by atoms with Crippen LogP contribution in [0, 0.1) is 11.6 Å². The van der Waals surface area contributed by atoms with Gasteiger partial charge in [0.2, 0.25) is 0 Å². The molecular formula is C45H31F2N3O. The highest BCUT2D eigenvalue weighted by Gasteiger charge is 2.28. The van der Waals surface area contributed by atoms with Crippen LogP contribution in [0.15, 0.2) is 155 Å².